The van der Waals surface area contributed by atoms with Gasteiger partial charge in [-0.1, -0.05) is 32.0 Å². The van der Waals surface area contributed by atoms with E-state index >= 15 is 0 Å². The Labute approximate surface area is 109 Å². The molecule has 18 heavy (non-hydrogen) atoms. The van der Waals surface area contributed by atoms with Gasteiger partial charge in [-0.3, -0.25) is 4.79 Å². The van der Waals surface area contributed by atoms with Crippen LogP contribution in [-0.2, 0) is 11.2 Å². The number of rotatable bonds is 3. The van der Waals surface area contributed by atoms with E-state index in [4.69, 9.17) is 5.73 Å². The normalized spacial score (nSPS) is 23.3. The average molecular weight is 246 g/mol. The third-order valence-corrected chi connectivity index (χ3v) is 4.00. The van der Waals surface area contributed by atoms with Gasteiger partial charge in [-0.05, 0) is 29.9 Å². The lowest BCUT2D eigenvalue weighted by molar-refractivity contribution is -0.130. The van der Waals surface area contributed by atoms with Crippen LogP contribution in [0.3, 0.4) is 0 Å². The van der Waals surface area contributed by atoms with Crippen LogP contribution in [0.2, 0.25) is 0 Å². The molecule has 0 bridgehead atoms. The second kappa shape index (κ2) is 5.42. The van der Waals surface area contributed by atoms with Crippen molar-refractivity contribution < 1.29 is 4.79 Å². The smallest absolute Gasteiger partial charge is 0.222 e. The summed E-state index contributed by atoms with van der Waals surface area (Å²) in [6, 6.07) is 7.78. The van der Waals surface area contributed by atoms with Gasteiger partial charge >= 0.3 is 0 Å². The van der Waals surface area contributed by atoms with E-state index in [-0.39, 0.29) is 5.91 Å². The Hall–Kier alpha value is -1.51. The monoisotopic (exact) mass is 246 g/mol. The minimum absolute atomic E-state index is 0.259. The Balaban J connectivity index is 1.88. The van der Waals surface area contributed by atoms with Crippen LogP contribution in [0.15, 0.2) is 24.3 Å². The summed E-state index contributed by atoms with van der Waals surface area (Å²) in [4.78, 5) is 14.1. The summed E-state index contributed by atoms with van der Waals surface area (Å²) in [5, 5.41) is 0. The van der Waals surface area contributed by atoms with Crippen molar-refractivity contribution in [1.29, 1.82) is 0 Å². The second-order valence-corrected chi connectivity index (χ2v) is 5.45. The summed E-state index contributed by atoms with van der Waals surface area (Å²) >= 11 is 0. The molecular weight excluding hydrogens is 224 g/mol. The molecule has 1 amide bonds. The van der Waals surface area contributed by atoms with Gasteiger partial charge in [0, 0.05) is 25.2 Å². The molecule has 2 rings (SSSR count). The van der Waals surface area contributed by atoms with Gasteiger partial charge in [-0.2, -0.15) is 0 Å². The van der Waals surface area contributed by atoms with Gasteiger partial charge in [0.05, 0.1) is 0 Å². The van der Waals surface area contributed by atoms with E-state index in [0.29, 0.717) is 18.3 Å². The first kappa shape index (κ1) is 12.9. The molecule has 0 aliphatic carbocycles. The highest BCUT2D eigenvalue weighted by atomic mass is 16.2. The molecular formula is C15H22N2O. The maximum atomic E-state index is 12.1. The number of para-hydroxylation sites is 1. The highest BCUT2D eigenvalue weighted by molar-refractivity contribution is 5.77. The number of amides is 1. The molecule has 0 spiro atoms. The molecule has 0 radical (unpaired) electrons. The van der Waals surface area contributed by atoms with E-state index in [9.17, 15) is 4.79 Å². The molecule has 2 N–H and O–H groups in total. The number of carbonyl (C=O) groups is 1. The Morgan fingerprint density at radius 2 is 1.89 bits per heavy atom. The molecule has 1 saturated heterocycles. The lowest BCUT2D eigenvalue weighted by Gasteiger charge is -2.16. The summed E-state index contributed by atoms with van der Waals surface area (Å²) in [5.41, 5.74) is 7.74. The van der Waals surface area contributed by atoms with Gasteiger partial charge in [-0.15, -0.1) is 0 Å². The Morgan fingerprint density at radius 1 is 1.28 bits per heavy atom. The fraction of sp³-hybridized carbons (Fsp3) is 0.533. The molecule has 1 heterocycles. The van der Waals surface area contributed by atoms with Crippen LogP contribution in [0.5, 0.6) is 0 Å². The van der Waals surface area contributed by atoms with Crippen LogP contribution in [0.25, 0.3) is 0 Å². The Bertz CT molecular complexity index is 420. The zero-order valence-electron chi connectivity index (χ0n) is 11.2. The predicted molar refractivity (Wildman–Crippen MR) is 74.1 cm³/mol. The van der Waals surface area contributed by atoms with Crippen molar-refractivity contribution in [3.05, 3.63) is 29.8 Å². The summed E-state index contributed by atoms with van der Waals surface area (Å²) in [5.74, 6) is 1.50. The molecule has 3 nitrogen and oxygen atoms in total. The lowest BCUT2D eigenvalue weighted by atomic mass is 10.0. The number of likely N-dealkylation sites (tertiary alicyclic amines) is 1. The van der Waals surface area contributed by atoms with Crippen molar-refractivity contribution in [2.45, 2.75) is 26.7 Å². The van der Waals surface area contributed by atoms with Crippen LogP contribution >= 0.6 is 0 Å². The standard InChI is InChI=1S/C15H22N2O/c1-11-9-17(10-12(11)2)15(18)8-7-13-5-3-4-6-14(13)16/h3-6,11-12H,7-10,16H2,1-2H3. The van der Waals surface area contributed by atoms with Crippen molar-refractivity contribution in [2.75, 3.05) is 18.8 Å². The molecule has 2 atom stereocenters. The number of hydrogen-bond donors (Lipinski definition) is 1. The quantitative estimate of drug-likeness (QED) is 0.832. The molecule has 1 aromatic carbocycles. The molecule has 0 saturated carbocycles. The van der Waals surface area contributed by atoms with Crippen molar-refractivity contribution in [3.63, 3.8) is 0 Å². The Morgan fingerprint density at radius 3 is 2.50 bits per heavy atom. The van der Waals surface area contributed by atoms with Crippen LogP contribution in [0.1, 0.15) is 25.8 Å². The number of aryl methyl sites for hydroxylation is 1. The second-order valence-electron chi connectivity index (χ2n) is 5.45. The average Bonchev–Trinajstić information content (AvgIpc) is 2.68. The minimum atomic E-state index is 0.259. The number of hydrogen-bond acceptors (Lipinski definition) is 2. The molecule has 1 aliphatic heterocycles. The first-order valence-corrected chi connectivity index (χ1v) is 6.69. The zero-order chi connectivity index (χ0) is 13.1. The summed E-state index contributed by atoms with van der Waals surface area (Å²) in [6.07, 6.45) is 1.30. The SMILES string of the molecule is CC1CN(C(=O)CCc2ccccc2N)CC1C. The van der Waals surface area contributed by atoms with Crippen molar-refractivity contribution in [1.82, 2.24) is 4.90 Å². The van der Waals surface area contributed by atoms with Crippen LogP contribution < -0.4 is 5.73 Å². The van der Waals surface area contributed by atoms with Gasteiger partial charge in [0.2, 0.25) is 5.91 Å². The number of nitrogen functional groups attached to an aromatic ring is 1. The highest BCUT2D eigenvalue weighted by Gasteiger charge is 2.28. The Kier molecular flexibility index (Phi) is 3.90. The van der Waals surface area contributed by atoms with Crippen molar-refractivity contribution in [3.8, 4) is 0 Å². The third-order valence-electron chi connectivity index (χ3n) is 4.00. The number of carbonyl (C=O) groups excluding carboxylic acids is 1. The first-order chi connectivity index (χ1) is 8.58. The van der Waals surface area contributed by atoms with E-state index in [1.165, 1.54) is 0 Å². The molecule has 1 aliphatic rings. The number of benzene rings is 1. The molecule has 3 heteroatoms. The highest BCUT2D eigenvalue weighted by Crippen LogP contribution is 2.23. The van der Waals surface area contributed by atoms with Crippen LogP contribution in [0.4, 0.5) is 5.69 Å². The summed E-state index contributed by atoms with van der Waals surface area (Å²) in [7, 11) is 0. The van der Waals surface area contributed by atoms with E-state index < -0.39 is 0 Å². The molecule has 1 aromatic rings. The number of anilines is 1. The maximum Gasteiger partial charge on any atom is 0.222 e. The maximum absolute atomic E-state index is 12.1. The number of nitrogens with zero attached hydrogens (tertiary/aromatic N) is 1. The molecule has 1 fully saturated rings. The van der Waals surface area contributed by atoms with Crippen LogP contribution in [-0.4, -0.2) is 23.9 Å². The van der Waals surface area contributed by atoms with Gasteiger partial charge in [0.1, 0.15) is 0 Å². The zero-order valence-corrected chi connectivity index (χ0v) is 11.2. The van der Waals surface area contributed by atoms with Crippen molar-refractivity contribution >= 4 is 11.6 Å². The van der Waals surface area contributed by atoms with Gasteiger partial charge in [0.25, 0.3) is 0 Å². The molecule has 98 valence electrons. The largest absolute Gasteiger partial charge is 0.399 e. The summed E-state index contributed by atoms with van der Waals surface area (Å²) < 4.78 is 0. The lowest BCUT2D eigenvalue weighted by Crippen LogP contribution is -2.29. The fourth-order valence-corrected chi connectivity index (χ4v) is 2.49. The summed E-state index contributed by atoms with van der Waals surface area (Å²) in [6.45, 7) is 6.24. The van der Waals surface area contributed by atoms with Gasteiger partial charge in [0.15, 0.2) is 0 Å². The van der Waals surface area contributed by atoms with Gasteiger partial charge in [-0.25, -0.2) is 0 Å². The van der Waals surface area contributed by atoms with E-state index in [1.54, 1.807) is 0 Å². The van der Waals surface area contributed by atoms with E-state index in [1.807, 2.05) is 29.2 Å². The van der Waals surface area contributed by atoms with E-state index in [0.717, 1.165) is 30.8 Å². The molecule has 0 aromatic heterocycles. The predicted octanol–water partition coefficient (Wildman–Crippen LogP) is 2.32. The van der Waals surface area contributed by atoms with Gasteiger partial charge < -0.3 is 10.6 Å². The first-order valence-electron chi connectivity index (χ1n) is 6.69. The van der Waals surface area contributed by atoms with E-state index in [2.05, 4.69) is 13.8 Å². The topological polar surface area (TPSA) is 46.3 Å². The molecule has 2 unspecified atom stereocenters. The fourth-order valence-electron chi connectivity index (χ4n) is 2.49. The van der Waals surface area contributed by atoms with Crippen molar-refractivity contribution in [2.24, 2.45) is 11.8 Å². The third kappa shape index (κ3) is 2.84. The van der Waals surface area contributed by atoms with Crippen LogP contribution in [0, 0.1) is 11.8 Å². The number of nitrogens with two attached hydrogens (primary N) is 1. The minimum Gasteiger partial charge on any atom is -0.399 e.